The molecule has 1 amide bonds. The number of hydrogen-bond donors (Lipinski definition) is 2. The molecule has 0 aliphatic heterocycles. The Morgan fingerprint density at radius 2 is 2.00 bits per heavy atom. The minimum atomic E-state index is -0.269. The van der Waals surface area contributed by atoms with Gasteiger partial charge in [0.2, 0.25) is 0 Å². The number of nitrogen functional groups attached to an aromatic ring is 1. The molecule has 0 saturated heterocycles. The van der Waals surface area contributed by atoms with E-state index in [9.17, 15) is 9.90 Å². The van der Waals surface area contributed by atoms with Crippen molar-refractivity contribution >= 4 is 23.2 Å². The second-order valence-electron chi connectivity index (χ2n) is 5.03. The van der Waals surface area contributed by atoms with Crippen LogP contribution in [-0.4, -0.2) is 23.0 Å². The molecule has 0 atom stereocenters. The van der Waals surface area contributed by atoms with Crippen LogP contribution in [-0.2, 0) is 6.54 Å². The zero-order valence-corrected chi connectivity index (χ0v) is 12.7. The number of phenols is 1. The topological polar surface area (TPSA) is 66.6 Å². The molecular weight excluding hydrogens is 288 g/mol. The predicted octanol–water partition coefficient (Wildman–Crippen LogP) is 3.21. The summed E-state index contributed by atoms with van der Waals surface area (Å²) in [5, 5.41) is 10.4. The molecule has 0 aliphatic rings. The van der Waals surface area contributed by atoms with E-state index in [1.165, 1.54) is 11.0 Å². The number of aryl methyl sites for hydroxylation is 1. The van der Waals surface area contributed by atoms with E-state index in [1.54, 1.807) is 37.4 Å². The fourth-order valence-electron chi connectivity index (χ4n) is 2.07. The van der Waals surface area contributed by atoms with Gasteiger partial charge in [-0.25, -0.2) is 0 Å². The number of anilines is 1. The number of carbonyl (C=O) groups excluding carboxylic acids is 1. The number of nitrogens with zero attached hydrogens (tertiary/aromatic N) is 1. The zero-order chi connectivity index (χ0) is 15.6. The van der Waals surface area contributed by atoms with Gasteiger partial charge in [0.1, 0.15) is 5.75 Å². The Morgan fingerprint density at radius 1 is 1.29 bits per heavy atom. The van der Waals surface area contributed by atoms with E-state index in [2.05, 4.69) is 0 Å². The molecule has 110 valence electrons. The van der Waals surface area contributed by atoms with E-state index in [0.717, 1.165) is 11.1 Å². The first-order chi connectivity index (χ1) is 9.88. The molecule has 0 saturated carbocycles. The van der Waals surface area contributed by atoms with Crippen molar-refractivity contribution in [3.63, 3.8) is 0 Å². The molecule has 0 spiro atoms. The van der Waals surface area contributed by atoms with Gasteiger partial charge in [-0.15, -0.1) is 0 Å². The third-order valence-electron chi connectivity index (χ3n) is 3.21. The lowest BCUT2D eigenvalue weighted by Gasteiger charge is -2.19. The lowest BCUT2D eigenvalue weighted by molar-refractivity contribution is 0.0782. The normalized spacial score (nSPS) is 10.4. The monoisotopic (exact) mass is 304 g/mol. The smallest absolute Gasteiger partial charge is 0.257 e. The molecule has 0 fully saturated rings. The first-order valence-electron chi connectivity index (χ1n) is 6.47. The minimum Gasteiger partial charge on any atom is -0.507 e. The molecule has 2 rings (SSSR count). The van der Waals surface area contributed by atoms with Crippen LogP contribution in [0.2, 0.25) is 5.02 Å². The Bertz CT molecular complexity index is 686. The molecule has 21 heavy (non-hydrogen) atoms. The molecule has 0 aromatic heterocycles. The summed E-state index contributed by atoms with van der Waals surface area (Å²) in [6.45, 7) is 2.18. The zero-order valence-electron chi connectivity index (χ0n) is 11.9. The number of benzene rings is 2. The van der Waals surface area contributed by atoms with Crippen LogP contribution in [0.15, 0.2) is 36.4 Å². The molecule has 2 aromatic carbocycles. The Balaban J connectivity index is 2.23. The molecule has 0 radical (unpaired) electrons. The van der Waals surface area contributed by atoms with Crippen LogP contribution in [0.1, 0.15) is 21.5 Å². The van der Waals surface area contributed by atoms with Gasteiger partial charge >= 0.3 is 0 Å². The van der Waals surface area contributed by atoms with Crippen molar-refractivity contribution in [3.05, 3.63) is 58.1 Å². The van der Waals surface area contributed by atoms with Crippen molar-refractivity contribution in [2.75, 3.05) is 12.8 Å². The van der Waals surface area contributed by atoms with E-state index < -0.39 is 0 Å². The van der Waals surface area contributed by atoms with Crippen LogP contribution in [0.4, 0.5) is 5.69 Å². The van der Waals surface area contributed by atoms with Crippen LogP contribution < -0.4 is 5.73 Å². The Hall–Kier alpha value is -2.20. The Kier molecular flexibility index (Phi) is 4.38. The molecule has 0 unspecified atom stereocenters. The number of halogens is 1. The Morgan fingerprint density at radius 3 is 2.71 bits per heavy atom. The number of aromatic hydroxyl groups is 1. The maximum absolute atomic E-state index is 12.4. The maximum atomic E-state index is 12.4. The molecular formula is C16H17ClN2O2. The standard InChI is InChI=1S/C16H17ClN2O2/c1-10-3-6-15(20)13(7-10)16(21)19(2)9-11-8-12(18)4-5-14(11)17/h3-8,20H,9,18H2,1-2H3. The van der Waals surface area contributed by atoms with Gasteiger partial charge in [-0.3, -0.25) is 4.79 Å². The highest BCUT2D eigenvalue weighted by atomic mass is 35.5. The summed E-state index contributed by atoms with van der Waals surface area (Å²) >= 11 is 6.10. The van der Waals surface area contributed by atoms with Crippen LogP contribution >= 0.6 is 11.6 Å². The van der Waals surface area contributed by atoms with Gasteiger partial charge in [-0.05, 0) is 42.8 Å². The third kappa shape index (κ3) is 3.47. The van der Waals surface area contributed by atoms with Gasteiger partial charge in [0.25, 0.3) is 5.91 Å². The number of rotatable bonds is 3. The second-order valence-corrected chi connectivity index (χ2v) is 5.44. The summed E-state index contributed by atoms with van der Waals surface area (Å²) in [6, 6.07) is 10.1. The predicted molar refractivity (Wildman–Crippen MR) is 84.5 cm³/mol. The molecule has 5 heteroatoms. The number of hydrogen-bond acceptors (Lipinski definition) is 3. The second kappa shape index (κ2) is 6.06. The van der Waals surface area contributed by atoms with Crippen molar-refractivity contribution in [2.24, 2.45) is 0 Å². The summed E-state index contributed by atoms with van der Waals surface area (Å²) in [7, 11) is 1.66. The molecule has 0 bridgehead atoms. The van der Waals surface area contributed by atoms with Gasteiger partial charge in [-0.2, -0.15) is 0 Å². The largest absolute Gasteiger partial charge is 0.507 e. The van der Waals surface area contributed by atoms with Crippen molar-refractivity contribution in [2.45, 2.75) is 13.5 Å². The number of phenolic OH excluding ortho intramolecular Hbond substituents is 1. The van der Waals surface area contributed by atoms with E-state index >= 15 is 0 Å². The third-order valence-corrected chi connectivity index (χ3v) is 3.58. The highest BCUT2D eigenvalue weighted by Gasteiger charge is 2.17. The van der Waals surface area contributed by atoms with Crippen molar-refractivity contribution in [3.8, 4) is 5.75 Å². The lowest BCUT2D eigenvalue weighted by atomic mass is 10.1. The van der Waals surface area contributed by atoms with Gasteiger partial charge in [0.15, 0.2) is 0 Å². The maximum Gasteiger partial charge on any atom is 0.257 e. The highest BCUT2D eigenvalue weighted by molar-refractivity contribution is 6.31. The first-order valence-corrected chi connectivity index (χ1v) is 6.85. The van der Waals surface area contributed by atoms with E-state index in [4.69, 9.17) is 17.3 Å². The average molecular weight is 305 g/mol. The molecule has 4 nitrogen and oxygen atoms in total. The fraction of sp³-hybridized carbons (Fsp3) is 0.188. The average Bonchev–Trinajstić information content (AvgIpc) is 2.44. The van der Waals surface area contributed by atoms with E-state index in [-0.39, 0.29) is 17.2 Å². The fourth-order valence-corrected chi connectivity index (χ4v) is 2.25. The van der Waals surface area contributed by atoms with Crippen LogP contribution in [0, 0.1) is 6.92 Å². The Labute approximate surface area is 128 Å². The lowest BCUT2D eigenvalue weighted by Crippen LogP contribution is -2.26. The van der Waals surface area contributed by atoms with Crippen molar-refractivity contribution in [1.29, 1.82) is 0 Å². The SMILES string of the molecule is Cc1ccc(O)c(C(=O)N(C)Cc2cc(N)ccc2Cl)c1. The molecule has 0 heterocycles. The van der Waals surface area contributed by atoms with Crippen molar-refractivity contribution in [1.82, 2.24) is 4.90 Å². The highest BCUT2D eigenvalue weighted by Crippen LogP contribution is 2.23. The van der Waals surface area contributed by atoms with Gasteiger partial charge in [0.05, 0.1) is 5.56 Å². The van der Waals surface area contributed by atoms with Gasteiger partial charge < -0.3 is 15.7 Å². The number of nitrogens with two attached hydrogens (primary N) is 1. The first kappa shape index (κ1) is 15.2. The number of amides is 1. The molecule has 0 aliphatic carbocycles. The van der Waals surface area contributed by atoms with E-state index in [0.29, 0.717) is 17.3 Å². The van der Waals surface area contributed by atoms with Gasteiger partial charge in [0, 0.05) is 24.3 Å². The summed E-state index contributed by atoms with van der Waals surface area (Å²) in [6.07, 6.45) is 0. The van der Waals surface area contributed by atoms with Crippen molar-refractivity contribution < 1.29 is 9.90 Å². The minimum absolute atomic E-state index is 0.0314. The number of carbonyl (C=O) groups is 1. The van der Waals surface area contributed by atoms with Crippen LogP contribution in [0.25, 0.3) is 0 Å². The molecule has 3 N–H and O–H groups in total. The molecule has 2 aromatic rings. The van der Waals surface area contributed by atoms with Gasteiger partial charge in [-0.1, -0.05) is 23.2 Å². The van der Waals surface area contributed by atoms with Crippen LogP contribution in [0.5, 0.6) is 5.75 Å². The van der Waals surface area contributed by atoms with E-state index in [1.807, 2.05) is 6.92 Å². The van der Waals surface area contributed by atoms with Crippen LogP contribution in [0.3, 0.4) is 0 Å². The summed E-state index contributed by atoms with van der Waals surface area (Å²) < 4.78 is 0. The summed E-state index contributed by atoms with van der Waals surface area (Å²) in [5.41, 5.74) is 8.27. The summed E-state index contributed by atoms with van der Waals surface area (Å²) in [4.78, 5) is 13.9. The quantitative estimate of drug-likeness (QED) is 0.856. The summed E-state index contributed by atoms with van der Waals surface area (Å²) in [5.74, 6) is -0.300.